The minimum absolute atomic E-state index is 0.120. The molecule has 1 aliphatic heterocycles. The molecule has 4 nitrogen and oxygen atoms in total. The van der Waals surface area contributed by atoms with Crippen molar-refractivity contribution >= 4 is 17.5 Å². The van der Waals surface area contributed by atoms with Gasteiger partial charge in [-0.15, -0.1) is 0 Å². The Balaban J connectivity index is 1.56. The highest BCUT2D eigenvalue weighted by atomic mass is 35.5. The molecule has 0 unspecified atom stereocenters. The molecule has 1 aliphatic rings. The number of carbonyl (C=O) groups is 1. The normalized spacial score (nSPS) is 15.7. The second-order valence-corrected chi connectivity index (χ2v) is 6.49. The third-order valence-corrected chi connectivity index (χ3v) is 4.54. The zero-order valence-corrected chi connectivity index (χ0v) is 13.6. The monoisotopic (exact) mass is 329 g/mol. The summed E-state index contributed by atoms with van der Waals surface area (Å²) in [5.41, 5.74) is 1.92. The Morgan fingerprint density at radius 2 is 2.00 bits per heavy atom. The van der Waals surface area contributed by atoms with E-state index in [0.29, 0.717) is 19.6 Å². The third-order valence-electron chi connectivity index (χ3n) is 4.29. The maximum absolute atomic E-state index is 12.6. The van der Waals surface area contributed by atoms with Crippen LogP contribution < -0.4 is 10.6 Å². The van der Waals surface area contributed by atoms with Crippen LogP contribution in [0, 0.1) is 5.41 Å². The number of nitrogens with one attached hydrogen (secondary N) is 2. The van der Waals surface area contributed by atoms with E-state index in [4.69, 9.17) is 11.6 Å². The fraction of sp³-hybridized carbons (Fsp3) is 0.333. The largest absolute Gasteiger partial charge is 0.355 e. The van der Waals surface area contributed by atoms with Gasteiger partial charge in [0.05, 0.1) is 5.41 Å². The Bertz CT molecular complexity index is 654. The second-order valence-electron chi connectivity index (χ2n) is 6.05. The molecule has 0 radical (unpaired) electrons. The van der Waals surface area contributed by atoms with Crippen LogP contribution >= 0.6 is 11.6 Å². The molecular weight excluding hydrogens is 310 g/mol. The summed E-state index contributed by atoms with van der Waals surface area (Å²) in [4.78, 5) is 16.7. The van der Waals surface area contributed by atoms with E-state index in [9.17, 15) is 4.79 Å². The van der Waals surface area contributed by atoms with Gasteiger partial charge in [0.1, 0.15) is 0 Å². The van der Waals surface area contributed by atoms with E-state index in [-0.39, 0.29) is 11.3 Å². The van der Waals surface area contributed by atoms with Crippen molar-refractivity contribution in [2.24, 2.45) is 5.41 Å². The zero-order valence-electron chi connectivity index (χ0n) is 12.9. The van der Waals surface area contributed by atoms with Crippen LogP contribution in [0.5, 0.6) is 0 Å². The summed E-state index contributed by atoms with van der Waals surface area (Å²) < 4.78 is 0. The number of halogens is 1. The van der Waals surface area contributed by atoms with Crippen molar-refractivity contribution in [1.29, 1.82) is 0 Å². The molecule has 1 saturated heterocycles. The quantitative estimate of drug-likeness (QED) is 0.854. The number of carbonyl (C=O) groups excluding carboxylic acids is 1. The van der Waals surface area contributed by atoms with E-state index in [1.807, 2.05) is 42.6 Å². The summed E-state index contributed by atoms with van der Waals surface area (Å²) >= 11 is 5.92. The maximum Gasteiger partial charge on any atom is 0.229 e. The van der Waals surface area contributed by atoms with Crippen molar-refractivity contribution in [3.63, 3.8) is 0 Å². The Morgan fingerprint density at radius 1 is 1.22 bits per heavy atom. The number of hydrogen-bond donors (Lipinski definition) is 2. The van der Waals surface area contributed by atoms with E-state index in [1.165, 1.54) is 0 Å². The number of hydrogen-bond acceptors (Lipinski definition) is 3. The molecule has 120 valence electrons. The smallest absolute Gasteiger partial charge is 0.229 e. The van der Waals surface area contributed by atoms with Crippen LogP contribution in [0.2, 0.25) is 5.02 Å². The van der Waals surface area contributed by atoms with E-state index < -0.39 is 0 Å². The molecule has 1 fully saturated rings. The summed E-state index contributed by atoms with van der Waals surface area (Å²) in [6, 6.07) is 11.7. The Labute approximate surface area is 141 Å². The maximum atomic E-state index is 12.6. The molecule has 23 heavy (non-hydrogen) atoms. The molecule has 2 aromatic rings. The molecule has 2 heterocycles. The lowest BCUT2D eigenvalue weighted by Crippen LogP contribution is -2.62. The molecule has 0 saturated carbocycles. The highest BCUT2D eigenvalue weighted by Crippen LogP contribution is 2.28. The van der Waals surface area contributed by atoms with E-state index in [0.717, 1.165) is 29.0 Å². The Kier molecular flexibility index (Phi) is 4.94. The number of amides is 1. The van der Waals surface area contributed by atoms with Gasteiger partial charge in [0.15, 0.2) is 0 Å². The van der Waals surface area contributed by atoms with Crippen molar-refractivity contribution in [3.8, 4) is 0 Å². The van der Waals surface area contributed by atoms with Gasteiger partial charge in [-0.2, -0.15) is 0 Å². The minimum Gasteiger partial charge on any atom is -0.355 e. The first-order valence-electron chi connectivity index (χ1n) is 7.80. The van der Waals surface area contributed by atoms with Crippen LogP contribution in [0.1, 0.15) is 11.1 Å². The summed E-state index contributed by atoms with van der Waals surface area (Å²) in [7, 11) is 0. The molecule has 0 atom stereocenters. The number of aromatic nitrogens is 1. The number of nitrogens with zero attached hydrogens (tertiary/aromatic N) is 1. The average molecular weight is 330 g/mol. The lowest BCUT2D eigenvalue weighted by atomic mass is 9.75. The van der Waals surface area contributed by atoms with Gasteiger partial charge < -0.3 is 10.6 Å². The first kappa shape index (κ1) is 16.0. The molecule has 0 bridgehead atoms. The SMILES string of the molecule is O=C(NCCc1cccnc1)C1(Cc2ccc(Cl)cc2)CNC1. The predicted molar refractivity (Wildman–Crippen MR) is 91.4 cm³/mol. The van der Waals surface area contributed by atoms with Gasteiger partial charge in [-0.05, 0) is 42.2 Å². The lowest BCUT2D eigenvalue weighted by Gasteiger charge is -2.41. The number of pyridine rings is 1. The third kappa shape index (κ3) is 3.89. The average Bonchev–Trinajstić information content (AvgIpc) is 2.53. The molecule has 1 aromatic carbocycles. The molecule has 0 spiro atoms. The van der Waals surface area contributed by atoms with Crippen molar-refractivity contribution in [2.45, 2.75) is 12.8 Å². The first-order valence-corrected chi connectivity index (χ1v) is 8.18. The van der Waals surface area contributed by atoms with Crippen molar-refractivity contribution < 1.29 is 4.79 Å². The van der Waals surface area contributed by atoms with Crippen LogP contribution in [0.4, 0.5) is 0 Å². The van der Waals surface area contributed by atoms with Gasteiger partial charge in [0.2, 0.25) is 5.91 Å². The summed E-state index contributed by atoms with van der Waals surface area (Å²) in [5, 5.41) is 7.02. The van der Waals surface area contributed by atoms with Gasteiger partial charge in [-0.1, -0.05) is 29.8 Å². The summed E-state index contributed by atoms with van der Waals surface area (Å²) in [6.45, 7) is 2.07. The van der Waals surface area contributed by atoms with Crippen molar-refractivity contribution in [1.82, 2.24) is 15.6 Å². The van der Waals surface area contributed by atoms with E-state index in [2.05, 4.69) is 15.6 Å². The molecule has 1 amide bonds. The van der Waals surface area contributed by atoms with Crippen molar-refractivity contribution in [3.05, 3.63) is 64.9 Å². The van der Waals surface area contributed by atoms with Gasteiger partial charge in [0.25, 0.3) is 0 Å². The first-order chi connectivity index (χ1) is 11.2. The van der Waals surface area contributed by atoms with E-state index in [1.54, 1.807) is 6.20 Å². The summed E-state index contributed by atoms with van der Waals surface area (Å²) in [6.07, 6.45) is 5.11. The fourth-order valence-electron chi connectivity index (χ4n) is 2.84. The topological polar surface area (TPSA) is 54.0 Å². The van der Waals surface area contributed by atoms with Gasteiger partial charge in [-0.3, -0.25) is 9.78 Å². The molecule has 2 N–H and O–H groups in total. The zero-order chi connectivity index (χ0) is 16.1. The van der Waals surface area contributed by atoms with Crippen LogP contribution in [-0.2, 0) is 17.6 Å². The standard InChI is InChI=1S/C18H20ClN3O/c19-16-5-3-14(4-6-16)10-18(12-21-13-18)17(23)22-9-7-15-2-1-8-20-11-15/h1-6,8,11,21H,7,9-10,12-13H2,(H,22,23). The van der Waals surface area contributed by atoms with Gasteiger partial charge >= 0.3 is 0 Å². The van der Waals surface area contributed by atoms with Gasteiger partial charge in [0, 0.05) is 37.1 Å². The van der Waals surface area contributed by atoms with Crippen molar-refractivity contribution in [2.75, 3.05) is 19.6 Å². The number of rotatable bonds is 6. The lowest BCUT2D eigenvalue weighted by molar-refractivity contribution is -0.133. The highest BCUT2D eigenvalue weighted by molar-refractivity contribution is 6.30. The minimum atomic E-state index is -0.344. The number of benzene rings is 1. The summed E-state index contributed by atoms with van der Waals surface area (Å²) in [5.74, 6) is 0.120. The highest BCUT2D eigenvalue weighted by Gasteiger charge is 2.43. The van der Waals surface area contributed by atoms with E-state index >= 15 is 0 Å². The van der Waals surface area contributed by atoms with Crippen LogP contribution in [0.15, 0.2) is 48.8 Å². The Hall–Kier alpha value is -1.91. The van der Waals surface area contributed by atoms with Crippen LogP contribution in [0.3, 0.4) is 0 Å². The molecule has 3 rings (SSSR count). The molecule has 0 aliphatic carbocycles. The van der Waals surface area contributed by atoms with Crippen LogP contribution in [0.25, 0.3) is 0 Å². The molecule has 5 heteroatoms. The fourth-order valence-corrected chi connectivity index (χ4v) is 2.97. The predicted octanol–water partition coefficient (Wildman–Crippen LogP) is 2.23. The van der Waals surface area contributed by atoms with Gasteiger partial charge in [-0.25, -0.2) is 0 Å². The second kappa shape index (κ2) is 7.11. The Morgan fingerprint density at radius 3 is 2.61 bits per heavy atom. The van der Waals surface area contributed by atoms with Crippen LogP contribution in [-0.4, -0.2) is 30.5 Å². The molecule has 1 aromatic heterocycles. The molecular formula is C18H20ClN3O.